The Morgan fingerprint density at radius 3 is 2.79 bits per heavy atom. The number of aromatic nitrogens is 1. The summed E-state index contributed by atoms with van der Waals surface area (Å²) in [5, 5.41) is 3.18. The summed E-state index contributed by atoms with van der Waals surface area (Å²) in [6, 6.07) is 10.2. The Bertz CT molecular complexity index is 545. The van der Waals surface area contributed by atoms with Gasteiger partial charge in [-0.3, -0.25) is 0 Å². The summed E-state index contributed by atoms with van der Waals surface area (Å²) in [5.41, 5.74) is 0.607. The minimum atomic E-state index is -0.226. The van der Waals surface area contributed by atoms with Gasteiger partial charge in [-0.25, -0.2) is 9.37 Å². The van der Waals surface area contributed by atoms with Gasteiger partial charge in [0.15, 0.2) is 11.6 Å². The topological polar surface area (TPSA) is 34.1 Å². The van der Waals surface area contributed by atoms with Crippen LogP contribution in [0.25, 0.3) is 0 Å². The molecule has 2 aromatic rings. The molecule has 3 nitrogen and oxygen atoms in total. The normalized spacial score (nSPS) is 11.9. The summed E-state index contributed by atoms with van der Waals surface area (Å²) < 4.78 is 19.2. The van der Waals surface area contributed by atoms with Gasteiger partial charge in [-0.1, -0.05) is 18.2 Å². The third-order valence-corrected chi connectivity index (χ3v) is 2.80. The zero-order valence-corrected chi connectivity index (χ0v) is 11.1. The second-order valence-corrected chi connectivity index (χ2v) is 4.17. The van der Waals surface area contributed by atoms with E-state index < -0.39 is 0 Å². The molecular weight excluding hydrogens is 243 g/mol. The number of halogens is 1. The van der Waals surface area contributed by atoms with E-state index in [1.54, 1.807) is 18.3 Å². The van der Waals surface area contributed by atoms with Gasteiger partial charge in [0.1, 0.15) is 5.82 Å². The van der Waals surface area contributed by atoms with Crippen LogP contribution >= 0.6 is 0 Å². The van der Waals surface area contributed by atoms with E-state index in [-0.39, 0.29) is 11.9 Å². The second kappa shape index (κ2) is 6.18. The first-order chi connectivity index (χ1) is 9.22. The lowest BCUT2D eigenvalue weighted by Gasteiger charge is -2.17. The summed E-state index contributed by atoms with van der Waals surface area (Å²) in [5.74, 6) is 1.07. The zero-order chi connectivity index (χ0) is 13.7. The minimum absolute atomic E-state index is 0.185. The third kappa shape index (κ3) is 3.22. The Kier molecular flexibility index (Phi) is 4.34. The smallest absolute Gasteiger partial charge is 0.169 e. The highest BCUT2D eigenvalue weighted by atomic mass is 19.1. The molecule has 0 saturated carbocycles. The van der Waals surface area contributed by atoms with Crippen molar-refractivity contribution >= 4 is 5.82 Å². The fourth-order valence-electron chi connectivity index (χ4n) is 1.88. The Labute approximate surface area is 112 Å². The van der Waals surface area contributed by atoms with Gasteiger partial charge in [-0.15, -0.1) is 0 Å². The molecule has 1 aromatic heterocycles. The molecule has 0 aliphatic heterocycles. The highest BCUT2D eigenvalue weighted by Crippen LogP contribution is 2.26. The van der Waals surface area contributed by atoms with Crippen LogP contribution in [0.4, 0.5) is 10.2 Å². The summed E-state index contributed by atoms with van der Waals surface area (Å²) in [6.07, 6.45) is 1.68. The lowest BCUT2D eigenvalue weighted by molar-refractivity contribution is 0.340. The Hall–Kier alpha value is -2.10. The number of anilines is 1. The van der Waals surface area contributed by atoms with Crippen molar-refractivity contribution in [2.75, 3.05) is 11.9 Å². The molecule has 1 N–H and O–H groups in total. The molecule has 0 amide bonds. The van der Waals surface area contributed by atoms with Crippen molar-refractivity contribution in [1.29, 1.82) is 0 Å². The molecular formula is C15H17FN2O. The van der Waals surface area contributed by atoms with Crippen molar-refractivity contribution in [2.45, 2.75) is 19.9 Å². The molecule has 1 heterocycles. The fraction of sp³-hybridized carbons (Fsp3) is 0.267. The SMILES string of the molecule is CCOc1cccnc1NC(C)c1ccccc1F. The molecule has 100 valence electrons. The van der Waals surface area contributed by atoms with Gasteiger partial charge in [0.05, 0.1) is 12.6 Å². The number of ether oxygens (including phenoxy) is 1. The van der Waals surface area contributed by atoms with Crippen molar-refractivity contribution in [3.63, 3.8) is 0 Å². The largest absolute Gasteiger partial charge is 0.490 e. The molecule has 1 atom stereocenters. The summed E-state index contributed by atoms with van der Waals surface area (Å²) in [4.78, 5) is 4.23. The predicted octanol–water partition coefficient (Wildman–Crippen LogP) is 3.79. The number of hydrogen-bond donors (Lipinski definition) is 1. The molecule has 0 spiro atoms. The quantitative estimate of drug-likeness (QED) is 0.888. The van der Waals surface area contributed by atoms with Gasteiger partial charge in [-0.2, -0.15) is 0 Å². The average molecular weight is 260 g/mol. The zero-order valence-electron chi connectivity index (χ0n) is 11.1. The molecule has 4 heteroatoms. The van der Waals surface area contributed by atoms with Crippen LogP contribution in [-0.2, 0) is 0 Å². The maximum Gasteiger partial charge on any atom is 0.169 e. The summed E-state index contributed by atoms with van der Waals surface area (Å²) in [7, 11) is 0. The molecule has 0 bridgehead atoms. The number of nitrogens with one attached hydrogen (secondary N) is 1. The van der Waals surface area contributed by atoms with Gasteiger partial charge in [0.25, 0.3) is 0 Å². The number of pyridine rings is 1. The Morgan fingerprint density at radius 2 is 2.05 bits per heavy atom. The van der Waals surface area contributed by atoms with Crippen molar-refractivity contribution in [3.8, 4) is 5.75 Å². The van der Waals surface area contributed by atoms with Crippen molar-refractivity contribution in [3.05, 3.63) is 54.0 Å². The molecule has 2 rings (SSSR count). The van der Waals surface area contributed by atoms with E-state index in [0.29, 0.717) is 23.7 Å². The van der Waals surface area contributed by atoms with Crippen molar-refractivity contribution < 1.29 is 9.13 Å². The van der Waals surface area contributed by atoms with E-state index in [0.717, 1.165) is 0 Å². The van der Waals surface area contributed by atoms with Gasteiger partial charge in [-0.05, 0) is 32.0 Å². The molecule has 19 heavy (non-hydrogen) atoms. The van der Waals surface area contributed by atoms with E-state index in [9.17, 15) is 4.39 Å². The van der Waals surface area contributed by atoms with Crippen LogP contribution in [0.5, 0.6) is 5.75 Å². The van der Waals surface area contributed by atoms with Crippen LogP contribution in [0.15, 0.2) is 42.6 Å². The molecule has 1 aromatic carbocycles. The maximum absolute atomic E-state index is 13.7. The van der Waals surface area contributed by atoms with Crippen LogP contribution in [-0.4, -0.2) is 11.6 Å². The van der Waals surface area contributed by atoms with E-state index in [1.807, 2.05) is 32.0 Å². The summed E-state index contributed by atoms with van der Waals surface area (Å²) in [6.45, 7) is 4.37. The highest BCUT2D eigenvalue weighted by Gasteiger charge is 2.12. The van der Waals surface area contributed by atoms with Crippen LogP contribution in [0.2, 0.25) is 0 Å². The highest BCUT2D eigenvalue weighted by molar-refractivity contribution is 5.51. The van der Waals surface area contributed by atoms with Gasteiger partial charge < -0.3 is 10.1 Å². The molecule has 0 saturated heterocycles. The van der Waals surface area contributed by atoms with Crippen LogP contribution < -0.4 is 10.1 Å². The monoisotopic (exact) mass is 260 g/mol. The molecule has 0 radical (unpaired) electrons. The number of benzene rings is 1. The minimum Gasteiger partial charge on any atom is -0.490 e. The first kappa shape index (κ1) is 13.3. The second-order valence-electron chi connectivity index (χ2n) is 4.17. The van der Waals surface area contributed by atoms with Crippen LogP contribution in [0, 0.1) is 5.82 Å². The third-order valence-electron chi connectivity index (χ3n) is 2.80. The van der Waals surface area contributed by atoms with E-state index in [4.69, 9.17) is 4.74 Å². The van der Waals surface area contributed by atoms with Crippen molar-refractivity contribution in [1.82, 2.24) is 4.98 Å². The maximum atomic E-state index is 13.7. The number of hydrogen-bond acceptors (Lipinski definition) is 3. The standard InChI is InChI=1S/C15H17FN2O/c1-3-19-14-9-6-10-17-15(14)18-11(2)12-7-4-5-8-13(12)16/h4-11H,3H2,1-2H3,(H,17,18). The Balaban J connectivity index is 2.19. The van der Waals surface area contributed by atoms with Crippen LogP contribution in [0.3, 0.4) is 0 Å². The number of nitrogens with zero attached hydrogens (tertiary/aromatic N) is 1. The fourth-order valence-corrected chi connectivity index (χ4v) is 1.88. The lowest BCUT2D eigenvalue weighted by atomic mass is 10.1. The predicted molar refractivity (Wildman–Crippen MR) is 73.8 cm³/mol. The Morgan fingerprint density at radius 1 is 1.26 bits per heavy atom. The average Bonchev–Trinajstić information content (AvgIpc) is 2.41. The molecule has 1 unspecified atom stereocenters. The van der Waals surface area contributed by atoms with Gasteiger partial charge in [0, 0.05) is 11.8 Å². The molecule has 0 fully saturated rings. The lowest BCUT2D eigenvalue weighted by Crippen LogP contribution is -2.11. The first-order valence-electron chi connectivity index (χ1n) is 6.31. The van der Waals surface area contributed by atoms with Gasteiger partial charge in [0.2, 0.25) is 0 Å². The van der Waals surface area contributed by atoms with Gasteiger partial charge >= 0.3 is 0 Å². The van der Waals surface area contributed by atoms with Crippen LogP contribution in [0.1, 0.15) is 25.5 Å². The molecule has 0 aliphatic carbocycles. The number of rotatable bonds is 5. The van der Waals surface area contributed by atoms with E-state index in [2.05, 4.69) is 10.3 Å². The van der Waals surface area contributed by atoms with E-state index in [1.165, 1.54) is 6.07 Å². The molecule has 0 aliphatic rings. The van der Waals surface area contributed by atoms with E-state index >= 15 is 0 Å². The van der Waals surface area contributed by atoms with Crippen molar-refractivity contribution in [2.24, 2.45) is 0 Å². The summed E-state index contributed by atoms with van der Waals surface area (Å²) >= 11 is 0. The first-order valence-corrected chi connectivity index (χ1v) is 6.31.